The van der Waals surface area contributed by atoms with E-state index < -0.39 is 35.5 Å². The van der Waals surface area contributed by atoms with Crippen molar-refractivity contribution in [2.24, 2.45) is 0 Å². The van der Waals surface area contributed by atoms with Crippen molar-refractivity contribution in [2.45, 2.75) is 24.5 Å². The Labute approximate surface area is 231 Å². The van der Waals surface area contributed by atoms with Gasteiger partial charge >= 0.3 is 6.09 Å². The van der Waals surface area contributed by atoms with Gasteiger partial charge in [-0.15, -0.1) is 0 Å². The molecule has 0 radical (unpaired) electrons. The summed E-state index contributed by atoms with van der Waals surface area (Å²) in [5.74, 6) is -1.40. The van der Waals surface area contributed by atoms with Crippen molar-refractivity contribution in [1.82, 2.24) is 9.80 Å². The highest BCUT2D eigenvalue weighted by atomic mass is 16.6. The highest BCUT2D eigenvalue weighted by Crippen LogP contribution is 2.46. The molecule has 1 saturated heterocycles. The Balaban J connectivity index is 1.37. The van der Waals surface area contributed by atoms with E-state index in [1.165, 1.54) is 4.90 Å². The fourth-order valence-electron chi connectivity index (χ4n) is 5.72. The van der Waals surface area contributed by atoms with Gasteiger partial charge in [0.2, 0.25) is 5.91 Å². The van der Waals surface area contributed by atoms with Crippen molar-refractivity contribution in [3.63, 3.8) is 0 Å². The largest absolute Gasteiger partial charge is 0.430 e. The van der Waals surface area contributed by atoms with Crippen molar-refractivity contribution in [2.75, 3.05) is 6.54 Å². The summed E-state index contributed by atoms with van der Waals surface area (Å²) in [5, 5.41) is 0. The number of benzene rings is 4. The SMILES string of the molecule is O=C1c2ccccc2C(=O)N1CCC(=O)N1C(=O)OC(c2ccccc2)(c2ccccc2)C1Cc1ccccc1. The van der Waals surface area contributed by atoms with Crippen LogP contribution in [0.15, 0.2) is 115 Å². The summed E-state index contributed by atoms with van der Waals surface area (Å²) in [4.78, 5) is 55.4. The Morgan fingerprint density at radius 2 is 1.15 bits per heavy atom. The first kappa shape index (κ1) is 25.2. The molecule has 0 saturated carbocycles. The van der Waals surface area contributed by atoms with Gasteiger partial charge in [-0.25, -0.2) is 9.69 Å². The minimum absolute atomic E-state index is 0.142. The van der Waals surface area contributed by atoms with Crippen LogP contribution in [-0.2, 0) is 21.6 Å². The van der Waals surface area contributed by atoms with Gasteiger partial charge in [0, 0.05) is 24.1 Å². The summed E-state index contributed by atoms with van der Waals surface area (Å²) in [6.07, 6.45) is -0.637. The first-order chi connectivity index (χ1) is 19.5. The van der Waals surface area contributed by atoms with Gasteiger partial charge in [0.05, 0.1) is 17.2 Å². The maximum Gasteiger partial charge on any atom is 0.418 e. The molecule has 4 aromatic rings. The average Bonchev–Trinajstić information content (AvgIpc) is 3.43. The highest BCUT2D eigenvalue weighted by molar-refractivity contribution is 6.21. The number of nitrogens with zero attached hydrogens (tertiary/aromatic N) is 2. The van der Waals surface area contributed by atoms with Gasteiger partial charge in [0.1, 0.15) is 0 Å². The van der Waals surface area contributed by atoms with Crippen molar-refractivity contribution in [3.05, 3.63) is 143 Å². The normalized spacial score (nSPS) is 17.6. The lowest BCUT2D eigenvalue weighted by atomic mass is 9.77. The average molecular weight is 531 g/mol. The number of amides is 4. The van der Waals surface area contributed by atoms with Crippen LogP contribution >= 0.6 is 0 Å². The molecule has 2 heterocycles. The van der Waals surface area contributed by atoms with Gasteiger partial charge in [-0.05, 0) is 24.1 Å². The number of hydrogen-bond acceptors (Lipinski definition) is 5. The van der Waals surface area contributed by atoms with Crippen LogP contribution in [0, 0.1) is 0 Å². The molecule has 0 aromatic heterocycles. The van der Waals surface area contributed by atoms with Crippen LogP contribution in [-0.4, -0.2) is 46.2 Å². The maximum absolute atomic E-state index is 13.8. The predicted octanol–water partition coefficient (Wildman–Crippen LogP) is 5.21. The standard InChI is InChI=1S/C33H26N2O5/c36-29(20-21-34-30(37)26-18-10-11-19-27(26)31(34)38)35-28(22-23-12-4-1-5-13-23)33(40-32(35)39,24-14-6-2-7-15-24)25-16-8-3-9-17-25/h1-19,28H,20-22H2. The summed E-state index contributed by atoms with van der Waals surface area (Å²) < 4.78 is 6.22. The van der Waals surface area contributed by atoms with E-state index in [9.17, 15) is 19.2 Å². The van der Waals surface area contributed by atoms with Gasteiger partial charge < -0.3 is 4.74 Å². The third kappa shape index (κ3) is 4.16. The van der Waals surface area contributed by atoms with Crippen LogP contribution in [0.3, 0.4) is 0 Å². The van der Waals surface area contributed by atoms with Crippen LogP contribution in [0.5, 0.6) is 0 Å². The first-order valence-corrected chi connectivity index (χ1v) is 13.2. The second-order valence-electron chi connectivity index (χ2n) is 9.86. The van der Waals surface area contributed by atoms with E-state index in [1.807, 2.05) is 91.0 Å². The number of rotatable bonds is 7. The van der Waals surface area contributed by atoms with Gasteiger partial charge in [-0.3, -0.25) is 19.3 Å². The topological polar surface area (TPSA) is 84.0 Å². The van der Waals surface area contributed by atoms with Crippen molar-refractivity contribution in [1.29, 1.82) is 0 Å². The number of carbonyl (C=O) groups is 4. The number of hydrogen-bond donors (Lipinski definition) is 0. The van der Waals surface area contributed by atoms with Gasteiger partial charge in [0.15, 0.2) is 5.60 Å². The first-order valence-electron chi connectivity index (χ1n) is 13.2. The summed E-state index contributed by atoms with van der Waals surface area (Å²) in [7, 11) is 0. The molecule has 2 aliphatic rings. The van der Waals surface area contributed by atoms with Crippen LogP contribution in [0.25, 0.3) is 0 Å². The third-order valence-corrected chi connectivity index (χ3v) is 7.60. The van der Waals surface area contributed by atoms with E-state index in [-0.39, 0.29) is 13.0 Å². The van der Waals surface area contributed by atoms with Crippen molar-refractivity contribution >= 4 is 23.8 Å². The Kier molecular flexibility index (Phi) is 6.48. The molecule has 40 heavy (non-hydrogen) atoms. The molecule has 7 nitrogen and oxygen atoms in total. The molecule has 0 aliphatic carbocycles. The lowest BCUT2D eigenvalue weighted by Gasteiger charge is -2.35. The fourth-order valence-corrected chi connectivity index (χ4v) is 5.72. The van der Waals surface area contributed by atoms with Crippen LogP contribution in [0.2, 0.25) is 0 Å². The third-order valence-electron chi connectivity index (χ3n) is 7.60. The molecule has 4 amide bonds. The molecule has 1 fully saturated rings. The van der Waals surface area contributed by atoms with Gasteiger partial charge in [0.25, 0.3) is 11.8 Å². The molecule has 0 N–H and O–H groups in total. The molecule has 4 aromatic carbocycles. The molecular formula is C33H26N2O5. The van der Waals surface area contributed by atoms with Gasteiger partial charge in [-0.1, -0.05) is 103 Å². The quantitative estimate of drug-likeness (QED) is 0.307. The number of fused-ring (bicyclic) bond motifs is 1. The second-order valence-corrected chi connectivity index (χ2v) is 9.86. The molecule has 6 rings (SSSR count). The molecule has 1 atom stereocenters. The predicted molar refractivity (Wildman–Crippen MR) is 147 cm³/mol. The summed E-state index contributed by atoms with van der Waals surface area (Å²) in [6.45, 7) is -0.142. The smallest absolute Gasteiger partial charge is 0.418 e. The molecular weight excluding hydrogens is 504 g/mol. The molecule has 198 valence electrons. The lowest BCUT2D eigenvalue weighted by Crippen LogP contribution is -2.48. The maximum atomic E-state index is 13.8. The Bertz CT molecular complexity index is 1510. The number of ether oxygens (including phenoxy) is 1. The monoisotopic (exact) mass is 530 g/mol. The molecule has 0 spiro atoms. The minimum atomic E-state index is -1.26. The van der Waals surface area contributed by atoms with E-state index in [0.29, 0.717) is 17.5 Å². The summed E-state index contributed by atoms with van der Waals surface area (Å²) in [5.41, 5.74) is 1.78. The Morgan fingerprint density at radius 1 is 0.675 bits per heavy atom. The molecule has 0 bridgehead atoms. The van der Waals surface area contributed by atoms with E-state index in [0.717, 1.165) is 21.6 Å². The number of imide groups is 2. The summed E-state index contributed by atoms with van der Waals surface area (Å²) in [6, 6.07) is 34.3. The Morgan fingerprint density at radius 3 is 1.68 bits per heavy atom. The second kappa shape index (κ2) is 10.3. The van der Waals surface area contributed by atoms with Gasteiger partial charge in [-0.2, -0.15) is 0 Å². The zero-order valence-electron chi connectivity index (χ0n) is 21.6. The highest BCUT2D eigenvalue weighted by Gasteiger charge is 2.58. The number of carbonyl (C=O) groups excluding carboxylic acids is 4. The lowest BCUT2D eigenvalue weighted by molar-refractivity contribution is -0.129. The zero-order valence-corrected chi connectivity index (χ0v) is 21.6. The van der Waals surface area contributed by atoms with E-state index >= 15 is 0 Å². The van der Waals surface area contributed by atoms with Crippen LogP contribution in [0.1, 0.15) is 43.8 Å². The minimum Gasteiger partial charge on any atom is -0.430 e. The Hall–Kier alpha value is -5.04. The zero-order chi connectivity index (χ0) is 27.7. The summed E-state index contributed by atoms with van der Waals surface area (Å²) >= 11 is 0. The molecule has 2 aliphatic heterocycles. The molecule has 1 unspecified atom stereocenters. The van der Waals surface area contributed by atoms with Crippen molar-refractivity contribution < 1.29 is 23.9 Å². The number of cyclic esters (lactones) is 1. The molecule has 7 heteroatoms. The van der Waals surface area contributed by atoms with E-state index in [1.54, 1.807) is 24.3 Å². The van der Waals surface area contributed by atoms with E-state index in [2.05, 4.69) is 0 Å². The van der Waals surface area contributed by atoms with Crippen molar-refractivity contribution in [3.8, 4) is 0 Å². The van der Waals surface area contributed by atoms with E-state index in [4.69, 9.17) is 4.74 Å². The fraction of sp³-hybridized carbons (Fsp3) is 0.152. The van der Waals surface area contributed by atoms with Crippen LogP contribution in [0.4, 0.5) is 4.79 Å². The van der Waals surface area contributed by atoms with Crippen LogP contribution < -0.4 is 0 Å².